The Morgan fingerprint density at radius 3 is 2.00 bits per heavy atom. The van der Waals surface area contributed by atoms with Gasteiger partial charge in [0.05, 0.1) is 11.3 Å². The summed E-state index contributed by atoms with van der Waals surface area (Å²) in [5, 5.41) is 4.32. The Labute approximate surface area is 336 Å². The Kier molecular flexibility index (Phi) is 8.66. The molecule has 0 N–H and O–H groups in total. The van der Waals surface area contributed by atoms with Crippen LogP contribution >= 0.6 is 0 Å². The van der Waals surface area contributed by atoms with Crippen LogP contribution in [0.15, 0.2) is 126 Å². The minimum absolute atomic E-state index is 0. The van der Waals surface area contributed by atoms with Crippen LogP contribution in [0.2, 0.25) is 0 Å². The van der Waals surface area contributed by atoms with Gasteiger partial charge in [0, 0.05) is 59.1 Å². The largest absolute Gasteiger partial charge is 0.500 e. The van der Waals surface area contributed by atoms with Crippen LogP contribution in [-0.4, -0.2) is 15.0 Å². The zero-order valence-electron chi connectivity index (χ0n) is 37.6. The smallest absolute Gasteiger partial charge is 0.128 e. The molecule has 0 bridgehead atoms. The molecule has 0 fully saturated rings. The molecule has 0 unspecified atom stereocenters. The van der Waals surface area contributed by atoms with Crippen LogP contribution in [0, 0.1) is 29.8 Å². The summed E-state index contributed by atoms with van der Waals surface area (Å²) < 4.78 is 62.1. The molecule has 269 valence electrons. The zero-order chi connectivity index (χ0) is 42.5. The Morgan fingerprint density at radius 1 is 0.660 bits per heavy atom. The number of benzene rings is 4. The first-order chi connectivity index (χ1) is 27.7. The molecule has 4 heterocycles. The van der Waals surface area contributed by atoms with E-state index < -0.39 is 30.4 Å². The first-order valence-corrected chi connectivity index (χ1v) is 17.3. The number of fused-ring (bicyclic) bond motifs is 5. The second kappa shape index (κ2) is 15.6. The zero-order valence-corrected chi connectivity index (χ0v) is 33.0. The minimum atomic E-state index is -2.14. The van der Waals surface area contributed by atoms with Crippen LogP contribution in [0.25, 0.3) is 66.5 Å². The van der Waals surface area contributed by atoms with Crippen molar-refractivity contribution in [1.29, 1.82) is 0 Å². The van der Waals surface area contributed by atoms with Gasteiger partial charge in [0.15, 0.2) is 0 Å². The average molecular weight is 879 g/mol. The van der Waals surface area contributed by atoms with Crippen molar-refractivity contribution in [2.75, 3.05) is 0 Å². The normalized spacial score (nSPS) is 14.4. The Morgan fingerprint density at radius 2 is 1.36 bits per heavy atom. The number of hydrogen-bond acceptors (Lipinski definition) is 4. The van der Waals surface area contributed by atoms with Crippen LogP contribution in [0.5, 0.6) is 0 Å². The summed E-state index contributed by atoms with van der Waals surface area (Å²) in [6.07, 6.45) is 1.95. The van der Waals surface area contributed by atoms with Gasteiger partial charge in [-0.2, -0.15) is 0 Å². The summed E-state index contributed by atoms with van der Waals surface area (Å²) in [6.45, 7) is 9.10. The fraction of sp³-hybridized carbons (Fsp3) is 0.229. The van der Waals surface area contributed by atoms with Gasteiger partial charge in [-0.3, -0.25) is 4.98 Å². The molecule has 0 aliphatic heterocycles. The molecule has 5 heteroatoms. The third kappa shape index (κ3) is 8.99. The van der Waals surface area contributed by atoms with Gasteiger partial charge < -0.3 is 14.4 Å². The average Bonchev–Trinajstić information content (AvgIpc) is 3.60. The van der Waals surface area contributed by atoms with Gasteiger partial charge in [-0.05, 0) is 69.2 Å². The fourth-order valence-corrected chi connectivity index (χ4v) is 6.10. The van der Waals surface area contributed by atoms with Crippen molar-refractivity contribution in [1.82, 2.24) is 15.0 Å². The Bertz CT molecular complexity index is 2770. The van der Waals surface area contributed by atoms with Gasteiger partial charge in [0.1, 0.15) is 5.58 Å². The monoisotopic (exact) mass is 879 g/mol. The molecule has 0 saturated heterocycles. The number of hydrogen-bond donors (Lipinski definition) is 0. The predicted octanol–water partition coefficient (Wildman–Crippen LogP) is 12.7. The summed E-state index contributed by atoms with van der Waals surface area (Å²) in [5.74, 6) is 0. The van der Waals surface area contributed by atoms with Gasteiger partial charge in [0.2, 0.25) is 0 Å². The van der Waals surface area contributed by atoms with Crippen molar-refractivity contribution in [3.8, 4) is 33.8 Å². The summed E-state index contributed by atoms with van der Waals surface area (Å²) in [7, 11) is 0. The molecule has 0 amide bonds. The topological polar surface area (TPSA) is 51.8 Å². The van der Waals surface area contributed by atoms with E-state index in [-0.39, 0.29) is 25.7 Å². The molecule has 0 aliphatic carbocycles. The third-order valence-corrected chi connectivity index (χ3v) is 8.29. The minimum Gasteiger partial charge on any atom is -0.500 e. The van der Waals surface area contributed by atoms with Crippen molar-refractivity contribution < 1.29 is 34.1 Å². The van der Waals surface area contributed by atoms with Gasteiger partial charge in [-0.1, -0.05) is 120 Å². The fourth-order valence-electron chi connectivity index (χ4n) is 6.10. The van der Waals surface area contributed by atoms with E-state index in [0.717, 1.165) is 55.2 Å². The first kappa shape index (κ1) is 29.5. The molecule has 8 aromatic rings. The third-order valence-electron chi connectivity index (χ3n) is 8.29. The Balaban J connectivity index is 0.000000219. The van der Waals surface area contributed by atoms with Crippen molar-refractivity contribution >= 4 is 32.7 Å². The molecular weight excluding hydrogens is 827 g/mol. The first-order valence-electron chi connectivity index (χ1n) is 20.8. The predicted molar refractivity (Wildman–Crippen MR) is 216 cm³/mol. The maximum absolute atomic E-state index is 8.52. The molecule has 0 atom stereocenters. The molecule has 8 rings (SSSR count). The van der Waals surface area contributed by atoms with E-state index in [4.69, 9.17) is 14.0 Å². The van der Waals surface area contributed by atoms with Gasteiger partial charge in [0.25, 0.3) is 0 Å². The van der Waals surface area contributed by atoms with Gasteiger partial charge in [-0.25, -0.2) is 0 Å². The van der Waals surface area contributed by atoms with E-state index in [0.29, 0.717) is 22.4 Å². The van der Waals surface area contributed by atoms with Crippen LogP contribution in [-0.2, 0) is 32.9 Å². The van der Waals surface area contributed by atoms with E-state index in [9.17, 15) is 0 Å². The summed E-state index contributed by atoms with van der Waals surface area (Å²) in [6, 6.07) is 38.4. The van der Waals surface area contributed by atoms with E-state index in [1.165, 1.54) is 12.3 Å². The van der Waals surface area contributed by atoms with Crippen molar-refractivity contribution in [3.63, 3.8) is 0 Å². The maximum atomic E-state index is 8.52. The van der Waals surface area contributed by atoms with Crippen molar-refractivity contribution in [2.45, 2.75) is 61.1 Å². The molecule has 4 aromatic heterocycles. The second-order valence-corrected chi connectivity index (χ2v) is 14.9. The molecule has 0 saturated carbocycles. The van der Waals surface area contributed by atoms with Crippen LogP contribution in [0.3, 0.4) is 0 Å². The molecule has 4 nitrogen and oxygen atoms in total. The quantitative estimate of drug-likeness (QED) is 0.162. The number of pyridine rings is 3. The van der Waals surface area contributed by atoms with Gasteiger partial charge >= 0.3 is 0 Å². The number of furan rings is 1. The van der Waals surface area contributed by atoms with E-state index in [1.807, 2.05) is 90.1 Å². The van der Waals surface area contributed by atoms with Crippen LogP contribution in [0.1, 0.15) is 67.8 Å². The molecule has 0 aliphatic rings. The molecule has 53 heavy (non-hydrogen) atoms. The standard InChI is InChI=1S/C31H25N2O.C17H20N.Ir/c1-31(2,3)18-20-11-14-27(33-19-20)22-15-16-32-28(17-22)26-10-6-9-24-25-13-12-21-7-4-5-8-23(21)29(25)34-30(24)26;1-13-5-8-15(9-6-13)16-10-7-14(12-18-16)11-17(2,3)4;/h4-9,11-17,19H,18H2,1-3H3;5-8,10,12H,11H2,1-4H3;/q2*-1;/i18D2;1D3,11D2;. The second-order valence-electron chi connectivity index (χ2n) is 14.9. The molecule has 1 radical (unpaired) electrons. The van der Waals surface area contributed by atoms with E-state index in [1.54, 1.807) is 36.7 Å². The molecule has 0 spiro atoms. The number of rotatable bonds is 5. The number of aryl methyl sites for hydroxylation is 1. The van der Waals surface area contributed by atoms with Crippen LogP contribution < -0.4 is 0 Å². The summed E-state index contributed by atoms with van der Waals surface area (Å²) in [5.41, 5.74) is 6.40. The molecule has 4 aromatic carbocycles. The number of nitrogens with zero attached hydrogens (tertiary/aromatic N) is 3. The Hall–Kier alpha value is -4.96. The summed E-state index contributed by atoms with van der Waals surface area (Å²) in [4.78, 5) is 13.5. The van der Waals surface area contributed by atoms with Gasteiger partial charge in [-0.15, -0.1) is 53.6 Å². The molecular formula is C48H45IrN3O-2. The van der Waals surface area contributed by atoms with Crippen molar-refractivity contribution in [3.05, 3.63) is 151 Å². The van der Waals surface area contributed by atoms with Crippen molar-refractivity contribution in [2.24, 2.45) is 10.8 Å². The van der Waals surface area contributed by atoms with E-state index in [2.05, 4.69) is 51.4 Å². The number of aromatic nitrogens is 3. The summed E-state index contributed by atoms with van der Waals surface area (Å²) >= 11 is 0. The SMILES string of the molecule is [2H]C([2H])([2H])c1c[c-]c(-c2ccc(C([2H])([2H])C(C)(C)C)cn2)cc1.[2H]C([2H])(c1ccc(-c2ccnc(-c3[c-]ccc4c3oc3c5ccccc5ccc43)c2)nc1)C(C)(C)C.[Ir]. The van der Waals surface area contributed by atoms with E-state index >= 15 is 0 Å². The van der Waals surface area contributed by atoms with Crippen LogP contribution in [0.4, 0.5) is 0 Å². The maximum Gasteiger partial charge on any atom is 0.128 e.